The Hall–Kier alpha value is 0.350. The second-order valence-corrected chi connectivity index (χ2v) is 2.05. The maximum Gasteiger partial charge on any atom is 0.110 e. The summed E-state index contributed by atoms with van der Waals surface area (Å²) in [7, 11) is 2.27. The lowest BCUT2D eigenvalue weighted by Gasteiger charge is -1.90. The summed E-state index contributed by atoms with van der Waals surface area (Å²) in [6, 6.07) is 0. The molecular formula is C3H7O2P. The molecule has 1 heterocycles. The summed E-state index contributed by atoms with van der Waals surface area (Å²) < 4.78 is 4.70. The molecule has 1 rings (SSSR count). The molecule has 3 unspecified atom stereocenters. The summed E-state index contributed by atoms with van der Waals surface area (Å²) >= 11 is 0. The Morgan fingerprint density at radius 3 is 2.50 bits per heavy atom. The van der Waals surface area contributed by atoms with E-state index in [0.717, 1.165) is 6.61 Å². The van der Waals surface area contributed by atoms with E-state index >= 15 is 0 Å². The van der Waals surface area contributed by atoms with Gasteiger partial charge in [0.2, 0.25) is 0 Å². The number of epoxide rings is 1. The highest BCUT2D eigenvalue weighted by Gasteiger charge is 2.27. The van der Waals surface area contributed by atoms with Gasteiger partial charge in [0, 0.05) is 0 Å². The monoisotopic (exact) mass is 106 g/mol. The predicted molar refractivity (Wildman–Crippen MR) is 25.5 cm³/mol. The van der Waals surface area contributed by atoms with Crippen LogP contribution in [0.1, 0.15) is 0 Å². The van der Waals surface area contributed by atoms with E-state index in [2.05, 4.69) is 9.24 Å². The Bertz CT molecular complexity index is 50.8. The van der Waals surface area contributed by atoms with Crippen molar-refractivity contribution >= 4 is 9.24 Å². The smallest absolute Gasteiger partial charge is 0.110 e. The lowest BCUT2D eigenvalue weighted by molar-refractivity contribution is 0.212. The molecule has 1 N–H and O–H groups in total. The molecule has 1 saturated heterocycles. The minimum absolute atomic E-state index is 0.120. The highest BCUT2D eigenvalue weighted by Crippen LogP contribution is 2.17. The molecule has 0 aromatic rings. The third-order valence-corrected chi connectivity index (χ3v) is 1.17. The van der Waals surface area contributed by atoms with Crippen LogP contribution in [0.2, 0.25) is 0 Å². The first-order chi connectivity index (χ1) is 2.80. The highest BCUT2D eigenvalue weighted by molar-refractivity contribution is 7.17. The van der Waals surface area contributed by atoms with Crippen LogP contribution in [0, 0.1) is 0 Å². The van der Waals surface area contributed by atoms with Gasteiger partial charge in [-0.3, -0.25) is 0 Å². The van der Waals surface area contributed by atoms with Crippen LogP contribution in [0.15, 0.2) is 0 Å². The number of hydrogen-bond acceptors (Lipinski definition) is 2. The van der Waals surface area contributed by atoms with Crippen molar-refractivity contribution in [3.63, 3.8) is 0 Å². The maximum atomic E-state index is 8.53. The number of hydrogen-bond donors (Lipinski definition) is 1. The molecule has 0 aliphatic carbocycles. The first-order valence-corrected chi connectivity index (χ1v) is 2.52. The first kappa shape index (κ1) is 4.51. The largest absolute Gasteiger partial charge is 0.386 e. The summed E-state index contributed by atoms with van der Waals surface area (Å²) in [5.41, 5.74) is 0. The van der Waals surface area contributed by atoms with Crippen LogP contribution in [0.4, 0.5) is 0 Å². The Morgan fingerprint density at radius 1 is 2.00 bits per heavy atom. The Morgan fingerprint density at radius 2 is 2.50 bits per heavy atom. The van der Waals surface area contributed by atoms with Gasteiger partial charge in [-0.1, -0.05) is 0 Å². The summed E-state index contributed by atoms with van der Waals surface area (Å²) in [5.74, 6) is -0.343. The van der Waals surface area contributed by atoms with E-state index in [-0.39, 0.29) is 11.9 Å². The molecule has 0 radical (unpaired) electrons. The van der Waals surface area contributed by atoms with Gasteiger partial charge in [-0.05, 0) is 0 Å². The molecule has 0 saturated carbocycles. The van der Waals surface area contributed by atoms with E-state index in [0.29, 0.717) is 0 Å². The van der Waals surface area contributed by atoms with Gasteiger partial charge in [0.05, 0.1) is 12.5 Å². The molecule has 1 fully saturated rings. The number of ether oxygens (including phenoxy) is 1. The van der Waals surface area contributed by atoms with Crippen LogP contribution in [0.3, 0.4) is 0 Å². The molecule has 0 amide bonds. The molecule has 3 atom stereocenters. The lowest BCUT2D eigenvalue weighted by Crippen LogP contribution is -2.02. The Kier molecular flexibility index (Phi) is 1.09. The molecule has 0 aromatic heterocycles. The SMILES string of the molecule is OC(P)C1CO1. The highest BCUT2D eigenvalue weighted by atomic mass is 31.0. The van der Waals surface area contributed by atoms with Crippen molar-refractivity contribution in [2.75, 3.05) is 6.61 Å². The average Bonchev–Trinajstić information content (AvgIpc) is 2.06. The summed E-state index contributed by atoms with van der Waals surface area (Å²) in [4.78, 5) is 0. The van der Waals surface area contributed by atoms with Crippen molar-refractivity contribution in [3.05, 3.63) is 0 Å². The Balaban J connectivity index is 2.13. The van der Waals surface area contributed by atoms with Gasteiger partial charge in [-0.25, -0.2) is 0 Å². The maximum absolute atomic E-state index is 8.53. The lowest BCUT2D eigenvalue weighted by atomic mass is 10.5. The first-order valence-electron chi connectivity index (χ1n) is 1.86. The third-order valence-electron chi connectivity index (χ3n) is 0.740. The van der Waals surface area contributed by atoms with Crippen LogP contribution >= 0.6 is 9.24 Å². The summed E-state index contributed by atoms with van der Waals surface area (Å²) in [6.07, 6.45) is 0.120. The standard InChI is InChI=1S/C3H7O2P/c4-3(6)2-1-5-2/h2-4H,1,6H2. The summed E-state index contributed by atoms with van der Waals surface area (Å²) in [6.45, 7) is 0.727. The van der Waals surface area contributed by atoms with Crippen molar-refractivity contribution < 1.29 is 9.84 Å². The van der Waals surface area contributed by atoms with E-state index < -0.39 is 0 Å². The molecule has 36 valence electrons. The van der Waals surface area contributed by atoms with E-state index in [1.165, 1.54) is 0 Å². The molecular weight excluding hydrogens is 99.0 g/mol. The molecule has 0 spiro atoms. The van der Waals surface area contributed by atoms with Crippen LogP contribution in [-0.4, -0.2) is 23.7 Å². The van der Waals surface area contributed by atoms with E-state index in [1.807, 2.05) is 0 Å². The van der Waals surface area contributed by atoms with Gasteiger partial charge in [0.1, 0.15) is 6.10 Å². The van der Waals surface area contributed by atoms with Gasteiger partial charge in [-0.2, -0.15) is 0 Å². The molecule has 1 aliphatic rings. The second kappa shape index (κ2) is 1.45. The van der Waals surface area contributed by atoms with E-state index in [9.17, 15) is 0 Å². The molecule has 0 aromatic carbocycles. The minimum Gasteiger partial charge on any atom is -0.386 e. The van der Waals surface area contributed by atoms with Gasteiger partial charge in [0.25, 0.3) is 0 Å². The van der Waals surface area contributed by atoms with Gasteiger partial charge in [0.15, 0.2) is 0 Å². The number of aliphatic hydroxyl groups is 1. The molecule has 6 heavy (non-hydrogen) atoms. The van der Waals surface area contributed by atoms with E-state index in [4.69, 9.17) is 9.84 Å². The zero-order valence-corrected chi connectivity index (χ0v) is 4.45. The number of aliphatic hydroxyl groups excluding tert-OH is 1. The fourth-order valence-electron chi connectivity index (χ4n) is 0.253. The molecule has 3 heteroatoms. The van der Waals surface area contributed by atoms with Gasteiger partial charge >= 0.3 is 0 Å². The second-order valence-electron chi connectivity index (χ2n) is 1.36. The molecule has 0 bridgehead atoms. The van der Waals surface area contributed by atoms with Crippen LogP contribution < -0.4 is 0 Å². The quantitative estimate of drug-likeness (QED) is 0.363. The van der Waals surface area contributed by atoms with Crippen molar-refractivity contribution in [2.45, 2.75) is 11.9 Å². The minimum atomic E-state index is -0.343. The van der Waals surface area contributed by atoms with Crippen LogP contribution in [0.5, 0.6) is 0 Å². The third kappa shape index (κ3) is 0.904. The van der Waals surface area contributed by atoms with Crippen molar-refractivity contribution in [1.29, 1.82) is 0 Å². The van der Waals surface area contributed by atoms with Crippen molar-refractivity contribution in [1.82, 2.24) is 0 Å². The predicted octanol–water partition coefficient (Wildman–Crippen LogP) is -0.421. The summed E-state index contributed by atoms with van der Waals surface area (Å²) in [5, 5.41) is 8.53. The van der Waals surface area contributed by atoms with Gasteiger partial charge < -0.3 is 9.84 Å². The molecule has 1 aliphatic heterocycles. The average molecular weight is 106 g/mol. The van der Waals surface area contributed by atoms with Crippen LogP contribution in [-0.2, 0) is 4.74 Å². The van der Waals surface area contributed by atoms with Crippen molar-refractivity contribution in [2.24, 2.45) is 0 Å². The number of rotatable bonds is 1. The van der Waals surface area contributed by atoms with Crippen molar-refractivity contribution in [3.8, 4) is 0 Å². The van der Waals surface area contributed by atoms with E-state index in [1.54, 1.807) is 0 Å². The fourth-order valence-corrected chi connectivity index (χ4v) is 0.475. The molecule has 2 nitrogen and oxygen atoms in total. The Labute approximate surface area is 38.7 Å². The van der Waals surface area contributed by atoms with Gasteiger partial charge in [-0.15, -0.1) is 9.24 Å². The fraction of sp³-hybridized carbons (Fsp3) is 1.00. The normalized spacial score (nSPS) is 36.0. The van der Waals surface area contributed by atoms with Crippen LogP contribution in [0.25, 0.3) is 0 Å². The zero-order chi connectivity index (χ0) is 4.57. The topological polar surface area (TPSA) is 32.8 Å². The zero-order valence-electron chi connectivity index (χ0n) is 3.29.